The van der Waals surface area contributed by atoms with Gasteiger partial charge in [0.25, 0.3) is 0 Å². The molecule has 0 bridgehead atoms. The number of hydrogen-bond acceptors (Lipinski definition) is 3. The van der Waals surface area contributed by atoms with Crippen LogP contribution in [0.5, 0.6) is 0 Å². The van der Waals surface area contributed by atoms with Crippen molar-refractivity contribution in [2.45, 2.75) is 26.1 Å². The Morgan fingerprint density at radius 3 is 2.55 bits per heavy atom. The normalized spacial score (nSPS) is 12.2. The van der Waals surface area contributed by atoms with Crippen LogP contribution in [0.1, 0.15) is 22.7 Å². The van der Waals surface area contributed by atoms with Gasteiger partial charge in [-0.3, -0.25) is 4.68 Å². The van der Waals surface area contributed by atoms with Gasteiger partial charge >= 0.3 is 0 Å². The highest BCUT2D eigenvalue weighted by Crippen LogP contribution is 2.16. The number of aryl methyl sites for hydroxylation is 1. The zero-order chi connectivity index (χ0) is 15.2. The van der Waals surface area contributed by atoms with Crippen LogP contribution in [0, 0.1) is 6.92 Å². The average Bonchev–Trinajstić information content (AvgIpc) is 3.07. The van der Waals surface area contributed by atoms with Gasteiger partial charge in [0.1, 0.15) is 12.7 Å². The average molecular weight is 292 g/mol. The molecule has 0 fully saturated rings. The van der Waals surface area contributed by atoms with Gasteiger partial charge in [-0.25, -0.2) is 4.98 Å². The van der Waals surface area contributed by atoms with Gasteiger partial charge < -0.3 is 5.32 Å². The maximum absolute atomic E-state index is 4.22. The van der Waals surface area contributed by atoms with Crippen LogP contribution in [0.2, 0.25) is 0 Å². The summed E-state index contributed by atoms with van der Waals surface area (Å²) < 4.78 is 1.86. The molecule has 0 aliphatic carbocycles. The molecule has 1 N–H and O–H groups in total. The van der Waals surface area contributed by atoms with Crippen molar-refractivity contribution in [1.82, 2.24) is 20.1 Å². The minimum atomic E-state index is 0.197. The molecule has 0 saturated carbocycles. The fourth-order valence-corrected chi connectivity index (χ4v) is 2.53. The molecule has 0 spiro atoms. The Hall–Kier alpha value is -2.46. The molecule has 1 aromatic heterocycles. The molecule has 1 heterocycles. The lowest BCUT2D eigenvalue weighted by Crippen LogP contribution is -2.25. The summed E-state index contributed by atoms with van der Waals surface area (Å²) in [7, 11) is 0. The fourth-order valence-electron chi connectivity index (χ4n) is 2.53. The number of nitrogens with zero attached hydrogens (tertiary/aromatic N) is 3. The molecule has 0 aliphatic heterocycles. The van der Waals surface area contributed by atoms with E-state index in [0.717, 1.165) is 13.1 Å². The third-order valence-electron chi connectivity index (χ3n) is 3.84. The quantitative estimate of drug-likeness (QED) is 0.759. The highest BCUT2D eigenvalue weighted by atomic mass is 15.3. The molecule has 3 rings (SSSR count). The zero-order valence-electron chi connectivity index (χ0n) is 12.7. The number of benzene rings is 2. The van der Waals surface area contributed by atoms with Gasteiger partial charge in [0, 0.05) is 6.54 Å². The fraction of sp³-hybridized carbons (Fsp3) is 0.222. The maximum atomic E-state index is 4.22. The Kier molecular flexibility index (Phi) is 4.61. The first-order valence-corrected chi connectivity index (χ1v) is 7.48. The first-order chi connectivity index (χ1) is 10.8. The van der Waals surface area contributed by atoms with E-state index in [9.17, 15) is 0 Å². The van der Waals surface area contributed by atoms with Crippen LogP contribution >= 0.6 is 0 Å². The summed E-state index contributed by atoms with van der Waals surface area (Å²) in [6.45, 7) is 3.74. The Balaban J connectivity index is 1.75. The summed E-state index contributed by atoms with van der Waals surface area (Å²) in [5.41, 5.74) is 3.89. The predicted octanol–water partition coefficient (Wildman–Crippen LogP) is 3.12. The third-order valence-corrected chi connectivity index (χ3v) is 3.84. The number of hydrogen-bond donors (Lipinski definition) is 1. The van der Waals surface area contributed by atoms with Crippen LogP contribution < -0.4 is 5.32 Å². The Labute approximate surface area is 130 Å². The van der Waals surface area contributed by atoms with E-state index in [4.69, 9.17) is 0 Å². The van der Waals surface area contributed by atoms with E-state index in [0.29, 0.717) is 0 Å². The first-order valence-electron chi connectivity index (χ1n) is 7.48. The second-order valence-corrected chi connectivity index (χ2v) is 5.39. The van der Waals surface area contributed by atoms with E-state index >= 15 is 0 Å². The Bertz CT molecular complexity index is 692. The second kappa shape index (κ2) is 7.00. The number of aromatic nitrogens is 3. The van der Waals surface area contributed by atoms with Gasteiger partial charge in [-0.05, 0) is 23.6 Å². The van der Waals surface area contributed by atoms with Gasteiger partial charge in [-0.15, -0.1) is 0 Å². The van der Waals surface area contributed by atoms with E-state index in [1.54, 1.807) is 12.7 Å². The summed E-state index contributed by atoms with van der Waals surface area (Å²) >= 11 is 0. The molecule has 0 saturated heterocycles. The monoisotopic (exact) mass is 292 g/mol. The second-order valence-electron chi connectivity index (χ2n) is 5.39. The predicted molar refractivity (Wildman–Crippen MR) is 87.2 cm³/mol. The van der Waals surface area contributed by atoms with Crippen molar-refractivity contribution in [2.75, 3.05) is 0 Å². The molecule has 0 radical (unpaired) electrons. The maximum Gasteiger partial charge on any atom is 0.137 e. The molecule has 1 atom stereocenters. The van der Waals surface area contributed by atoms with Crippen molar-refractivity contribution in [3.8, 4) is 0 Å². The van der Waals surface area contributed by atoms with Crippen LogP contribution in [0.15, 0.2) is 67.3 Å². The van der Waals surface area contributed by atoms with E-state index in [1.807, 2.05) is 10.7 Å². The molecule has 0 aliphatic rings. The van der Waals surface area contributed by atoms with Gasteiger partial charge in [0.15, 0.2) is 0 Å². The van der Waals surface area contributed by atoms with Crippen LogP contribution in [0.3, 0.4) is 0 Å². The first kappa shape index (κ1) is 14.5. The zero-order valence-corrected chi connectivity index (χ0v) is 12.7. The smallest absolute Gasteiger partial charge is 0.137 e. The molecule has 112 valence electrons. The lowest BCUT2D eigenvalue weighted by atomic mass is 10.1. The Morgan fingerprint density at radius 1 is 1.05 bits per heavy atom. The topological polar surface area (TPSA) is 42.7 Å². The van der Waals surface area contributed by atoms with Crippen molar-refractivity contribution in [2.24, 2.45) is 0 Å². The van der Waals surface area contributed by atoms with E-state index in [1.165, 1.54) is 16.7 Å². The minimum absolute atomic E-state index is 0.197. The summed E-state index contributed by atoms with van der Waals surface area (Å²) in [5, 5.41) is 7.86. The summed E-state index contributed by atoms with van der Waals surface area (Å²) in [4.78, 5) is 4.03. The van der Waals surface area contributed by atoms with Crippen LogP contribution in [-0.2, 0) is 13.1 Å². The molecule has 0 amide bonds. The third kappa shape index (κ3) is 3.59. The lowest BCUT2D eigenvalue weighted by molar-refractivity contribution is 0.436. The highest BCUT2D eigenvalue weighted by Gasteiger charge is 2.12. The van der Waals surface area contributed by atoms with Crippen molar-refractivity contribution in [3.05, 3.63) is 83.9 Å². The minimum Gasteiger partial charge on any atom is -0.304 e. The summed E-state index contributed by atoms with van der Waals surface area (Å²) in [6, 6.07) is 19.1. The van der Waals surface area contributed by atoms with E-state index in [2.05, 4.69) is 70.9 Å². The molecule has 2 aromatic carbocycles. The largest absolute Gasteiger partial charge is 0.304 e. The SMILES string of the molecule is Cc1ccccc1CNC(Cn1cncn1)c1ccccc1. The summed E-state index contributed by atoms with van der Waals surface area (Å²) in [6.07, 6.45) is 3.33. The molecule has 1 unspecified atom stereocenters. The van der Waals surface area contributed by atoms with Crippen LogP contribution in [0.4, 0.5) is 0 Å². The van der Waals surface area contributed by atoms with E-state index < -0.39 is 0 Å². The van der Waals surface area contributed by atoms with Crippen molar-refractivity contribution < 1.29 is 0 Å². The van der Waals surface area contributed by atoms with Gasteiger partial charge in [-0.2, -0.15) is 5.10 Å². The van der Waals surface area contributed by atoms with Crippen LogP contribution in [-0.4, -0.2) is 14.8 Å². The standard InChI is InChI=1S/C18H20N4/c1-15-7-5-6-10-17(15)11-20-18(12-22-14-19-13-21-22)16-8-3-2-4-9-16/h2-10,13-14,18,20H,11-12H2,1H3. The van der Waals surface area contributed by atoms with Gasteiger partial charge in [-0.1, -0.05) is 54.6 Å². The van der Waals surface area contributed by atoms with Crippen molar-refractivity contribution in [1.29, 1.82) is 0 Å². The molecular formula is C18H20N4. The van der Waals surface area contributed by atoms with Gasteiger partial charge in [0.2, 0.25) is 0 Å². The lowest BCUT2D eigenvalue weighted by Gasteiger charge is -2.20. The van der Waals surface area contributed by atoms with Crippen molar-refractivity contribution in [3.63, 3.8) is 0 Å². The number of nitrogens with one attached hydrogen (secondary N) is 1. The van der Waals surface area contributed by atoms with Crippen LogP contribution in [0.25, 0.3) is 0 Å². The van der Waals surface area contributed by atoms with Gasteiger partial charge in [0.05, 0.1) is 12.6 Å². The Morgan fingerprint density at radius 2 is 1.82 bits per heavy atom. The molecule has 3 aromatic rings. The van der Waals surface area contributed by atoms with Crippen molar-refractivity contribution >= 4 is 0 Å². The molecule has 4 heteroatoms. The molecule has 22 heavy (non-hydrogen) atoms. The van der Waals surface area contributed by atoms with E-state index in [-0.39, 0.29) is 6.04 Å². The summed E-state index contributed by atoms with van der Waals surface area (Å²) in [5.74, 6) is 0. The number of rotatable bonds is 6. The molecular weight excluding hydrogens is 272 g/mol. The molecule has 4 nitrogen and oxygen atoms in total. The highest BCUT2D eigenvalue weighted by molar-refractivity contribution is 5.26.